The molecule has 0 unspecified atom stereocenters. The second kappa shape index (κ2) is 6.63. The first kappa shape index (κ1) is 13.2. The van der Waals surface area contributed by atoms with Crippen LogP contribution >= 0.6 is 0 Å². The first-order valence-electron chi connectivity index (χ1n) is 6.23. The highest BCUT2D eigenvalue weighted by atomic mass is 28.4. The summed E-state index contributed by atoms with van der Waals surface area (Å²) in [7, 11) is -2.86. The second-order valence-electron chi connectivity index (χ2n) is 4.31. The fourth-order valence-corrected chi connectivity index (χ4v) is 4.75. The molecule has 15 heavy (non-hydrogen) atoms. The third kappa shape index (κ3) is 3.87. The Balaban J connectivity index is 2.48. The van der Waals surface area contributed by atoms with Crippen LogP contribution in [0.5, 0.6) is 0 Å². The summed E-state index contributed by atoms with van der Waals surface area (Å²) in [5.74, 6) is 0. The van der Waals surface area contributed by atoms with Crippen LogP contribution in [0.2, 0.25) is 5.54 Å². The summed E-state index contributed by atoms with van der Waals surface area (Å²) in [5.41, 5.74) is 0.301. The van der Waals surface area contributed by atoms with E-state index in [9.17, 15) is 4.80 Å². The summed E-state index contributed by atoms with van der Waals surface area (Å²) in [4.78, 5) is 10.5. The summed E-state index contributed by atoms with van der Waals surface area (Å²) < 4.78 is 11.3. The number of hydrogen-bond donors (Lipinski definition) is 1. The van der Waals surface area contributed by atoms with Crippen LogP contribution in [0.25, 0.3) is 0 Å². The van der Waals surface area contributed by atoms with E-state index in [1.807, 2.05) is 0 Å². The topological polar surface area (TPSA) is 38.7 Å². The zero-order chi connectivity index (χ0) is 11.1. The molecule has 0 saturated heterocycles. The van der Waals surface area contributed by atoms with E-state index in [-0.39, 0.29) is 0 Å². The monoisotopic (exact) mass is 232 g/mol. The van der Waals surface area contributed by atoms with Gasteiger partial charge in [-0.05, 0) is 25.7 Å². The maximum absolute atomic E-state index is 10.5. The van der Waals surface area contributed by atoms with Gasteiger partial charge in [0.05, 0.1) is 0 Å². The summed E-state index contributed by atoms with van der Waals surface area (Å²) in [6, 6.07) is 0. The van der Waals surface area contributed by atoms with E-state index < -0.39 is 8.80 Å². The summed E-state index contributed by atoms with van der Waals surface area (Å²) in [6.07, 6.45) is 6.47. The molecule has 1 aliphatic carbocycles. The highest BCUT2D eigenvalue weighted by Crippen LogP contribution is 2.38. The number of hydrogen-bond acceptors (Lipinski definition) is 3. The van der Waals surface area contributed by atoms with E-state index in [1.165, 1.54) is 12.8 Å². The van der Waals surface area contributed by atoms with Crippen LogP contribution in [0.3, 0.4) is 0 Å². The van der Waals surface area contributed by atoms with Gasteiger partial charge in [0.2, 0.25) is 0 Å². The first-order chi connectivity index (χ1) is 7.23. The van der Waals surface area contributed by atoms with Gasteiger partial charge in [-0.2, -0.15) is 0 Å². The molecule has 4 heteroatoms. The van der Waals surface area contributed by atoms with Gasteiger partial charge < -0.3 is 13.6 Å². The maximum atomic E-state index is 10.5. The van der Waals surface area contributed by atoms with Crippen LogP contribution in [-0.2, 0) is 8.85 Å². The maximum Gasteiger partial charge on any atom is 0.501 e. The van der Waals surface area contributed by atoms with Gasteiger partial charge in [0.25, 0.3) is 0 Å². The molecule has 0 radical (unpaired) electrons. The molecule has 0 bridgehead atoms. The minimum atomic E-state index is -2.86. The van der Waals surface area contributed by atoms with E-state index in [4.69, 9.17) is 8.85 Å². The lowest BCUT2D eigenvalue weighted by molar-refractivity contribution is 0.0868. The molecule has 1 aliphatic rings. The molecule has 0 aromatic carbocycles. The second-order valence-corrected chi connectivity index (χ2v) is 6.96. The molecule has 1 fully saturated rings. The van der Waals surface area contributed by atoms with Crippen LogP contribution in [0.4, 0.5) is 0 Å². The normalized spacial score (nSPS) is 18.6. The molecular weight excluding hydrogens is 208 g/mol. The van der Waals surface area contributed by atoms with Gasteiger partial charge in [0.15, 0.2) is 0 Å². The molecular formula is C11H24O3Si. The van der Waals surface area contributed by atoms with Gasteiger partial charge in [0, 0.05) is 18.8 Å². The Bertz CT molecular complexity index is 161. The minimum absolute atomic E-state index is 0.301. The van der Waals surface area contributed by atoms with Crippen LogP contribution < -0.4 is 0 Å². The standard InChI is InChI=1S/C11H24O3Si/c1-3-9-13-15(12,14-10-4-2)11-7-5-6-8-11/h11-12H,3-10H2,1-2H3. The average Bonchev–Trinajstić information content (AvgIpc) is 2.77. The van der Waals surface area contributed by atoms with Gasteiger partial charge in [-0.25, -0.2) is 0 Å². The van der Waals surface area contributed by atoms with Crippen molar-refractivity contribution in [1.29, 1.82) is 0 Å². The largest absolute Gasteiger partial charge is 0.501 e. The van der Waals surface area contributed by atoms with Crippen molar-refractivity contribution >= 4 is 8.80 Å². The van der Waals surface area contributed by atoms with Gasteiger partial charge >= 0.3 is 8.80 Å². The Morgan fingerprint density at radius 1 is 1.07 bits per heavy atom. The average molecular weight is 232 g/mol. The fourth-order valence-electron chi connectivity index (χ4n) is 2.06. The zero-order valence-electron chi connectivity index (χ0n) is 10.00. The van der Waals surface area contributed by atoms with E-state index in [1.54, 1.807) is 0 Å². The van der Waals surface area contributed by atoms with E-state index >= 15 is 0 Å². The van der Waals surface area contributed by atoms with Crippen LogP contribution in [0.15, 0.2) is 0 Å². The molecule has 0 aliphatic heterocycles. The van der Waals surface area contributed by atoms with Crippen molar-refractivity contribution in [2.45, 2.75) is 57.9 Å². The van der Waals surface area contributed by atoms with Crippen molar-refractivity contribution in [2.75, 3.05) is 13.2 Å². The van der Waals surface area contributed by atoms with Crippen molar-refractivity contribution in [3.8, 4) is 0 Å². The molecule has 0 atom stereocenters. The third-order valence-corrected chi connectivity index (χ3v) is 5.74. The van der Waals surface area contributed by atoms with Gasteiger partial charge in [-0.1, -0.05) is 26.7 Å². The first-order valence-corrected chi connectivity index (χ1v) is 8.07. The molecule has 0 spiro atoms. The lowest BCUT2D eigenvalue weighted by Gasteiger charge is -2.29. The molecule has 1 rings (SSSR count). The van der Waals surface area contributed by atoms with Crippen molar-refractivity contribution in [3.05, 3.63) is 0 Å². The molecule has 90 valence electrons. The Kier molecular flexibility index (Phi) is 5.82. The Hall–Kier alpha value is 0.0969. The van der Waals surface area contributed by atoms with E-state index in [2.05, 4.69) is 13.8 Å². The smallest absolute Gasteiger partial charge is 0.390 e. The van der Waals surface area contributed by atoms with Crippen LogP contribution in [0, 0.1) is 0 Å². The fraction of sp³-hybridized carbons (Fsp3) is 1.00. The van der Waals surface area contributed by atoms with Crippen molar-refractivity contribution in [1.82, 2.24) is 0 Å². The van der Waals surface area contributed by atoms with Crippen molar-refractivity contribution in [3.63, 3.8) is 0 Å². The van der Waals surface area contributed by atoms with Gasteiger partial charge in [0.1, 0.15) is 0 Å². The molecule has 0 aromatic rings. The van der Waals surface area contributed by atoms with Gasteiger partial charge in [-0.15, -0.1) is 0 Å². The minimum Gasteiger partial charge on any atom is -0.390 e. The summed E-state index contributed by atoms with van der Waals surface area (Å²) in [6.45, 7) is 5.37. The lowest BCUT2D eigenvalue weighted by atomic mass is 10.4. The van der Waals surface area contributed by atoms with Crippen LogP contribution in [0.1, 0.15) is 52.4 Å². The van der Waals surface area contributed by atoms with Crippen molar-refractivity contribution < 1.29 is 13.6 Å². The molecule has 3 nitrogen and oxygen atoms in total. The molecule has 0 heterocycles. The Morgan fingerprint density at radius 2 is 1.53 bits per heavy atom. The third-order valence-electron chi connectivity index (χ3n) is 2.90. The van der Waals surface area contributed by atoms with Crippen LogP contribution in [-0.4, -0.2) is 26.8 Å². The molecule has 1 N–H and O–H groups in total. The van der Waals surface area contributed by atoms with E-state index in [0.717, 1.165) is 25.7 Å². The summed E-state index contributed by atoms with van der Waals surface area (Å²) >= 11 is 0. The zero-order valence-corrected chi connectivity index (χ0v) is 11.0. The van der Waals surface area contributed by atoms with E-state index in [0.29, 0.717) is 18.8 Å². The predicted molar refractivity (Wildman–Crippen MR) is 62.7 cm³/mol. The lowest BCUT2D eigenvalue weighted by Crippen LogP contribution is -2.47. The quantitative estimate of drug-likeness (QED) is 0.686. The molecule has 1 saturated carbocycles. The highest BCUT2D eigenvalue weighted by molar-refractivity contribution is 6.61. The van der Waals surface area contributed by atoms with Gasteiger partial charge in [-0.3, -0.25) is 0 Å². The number of rotatable bonds is 7. The molecule has 0 aromatic heterocycles. The Labute approximate surface area is 94.2 Å². The SMILES string of the molecule is CCCO[Si](O)(OCCC)C1CCCC1. The predicted octanol–water partition coefficient (Wildman–Crippen LogP) is 2.72. The highest BCUT2D eigenvalue weighted by Gasteiger charge is 2.47. The summed E-state index contributed by atoms with van der Waals surface area (Å²) in [5, 5.41) is 0. The molecule has 0 amide bonds. The Morgan fingerprint density at radius 3 is 1.93 bits per heavy atom. The van der Waals surface area contributed by atoms with Crippen molar-refractivity contribution in [2.24, 2.45) is 0 Å².